The van der Waals surface area contributed by atoms with Gasteiger partial charge in [0.2, 0.25) is 0 Å². The Kier molecular flexibility index (Phi) is 3.75. The van der Waals surface area contributed by atoms with E-state index in [1.807, 2.05) is 36.5 Å². The molecule has 0 bridgehead atoms. The largest absolute Gasteiger partial charge is 0.471 e. The Morgan fingerprint density at radius 2 is 1.62 bits per heavy atom. The standard InChI is InChI=1S/C16H13F3N4O/c1-9-3-5-11(6-4-9)23-21-13-7-10(2)12(8-14(13)22-23)20-15(24)16(17,18)19/h3-8H,1-2H3,(H,20,24). The van der Waals surface area contributed by atoms with Gasteiger partial charge in [0.15, 0.2) is 0 Å². The third-order valence-corrected chi connectivity index (χ3v) is 3.50. The van der Waals surface area contributed by atoms with Crippen molar-refractivity contribution in [2.24, 2.45) is 0 Å². The average molecular weight is 334 g/mol. The number of aromatic nitrogens is 3. The van der Waals surface area contributed by atoms with Crippen LogP contribution in [0.5, 0.6) is 0 Å². The first-order valence-electron chi connectivity index (χ1n) is 7.07. The van der Waals surface area contributed by atoms with E-state index in [1.54, 1.807) is 13.0 Å². The summed E-state index contributed by atoms with van der Waals surface area (Å²) >= 11 is 0. The molecule has 0 radical (unpaired) electrons. The number of fused-ring (bicyclic) bond motifs is 1. The smallest absolute Gasteiger partial charge is 0.318 e. The number of benzene rings is 2. The van der Waals surface area contributed by atoms with E-state index >= 15 is 0 Å². The van der Waals surface area contributed by atoms with Gasteiger partial charge in [0, 0.05) is 5.69 Å². The number of alkyl halides is 3. The number of carbonyl (C=O) groups excluding carboxylic acids is 1. The topological polar surface area (TPSA) is 59.8 Å². The van der Waals surface area contributed by atoms with E-state index < -0.39 is 12.1 Å². The number of hydrogen-bond donors (Lipinski definition) is 1. The highest BCUT2D eigenvalue weighted by Crippen LogP contribution is 2.24. The van der Waals surface area contributed by atoms with E-state index in [0.717, 1.165) is 11.3 Å². The van der Waals surface area contributed by atoms with Crippen molar-refractivity contribution in [2.45, 2.75) is 20.0 Å². The van der Waals surface area contributed by atoms with Gasteiger partial charge in [0.25, 0.3) is 0 Å². The highest BCUT2D eigenvalue weighted by atomic mass is 19.4. The van der Waals surface area contributed by atoms with Crippen molar-refractivity contribution in [3.8, 4) is 5.69 Å². The second kappa shape index (κ2) is 5.63. The van der Waals surface area contributed by atoms with Crippen LogP contribution in [-0.2, 0) is 4.79 Å². The van der Waals surface area contributed by atoms with Gasteiger partial charge >= 0.3 is 12.1 Å². The van der Waals surface area contributed by atoms with Crippen LogP contribution in [0.1, 0.15) is 11.1 Å². The summed E-state index contributed by atoms with van der Waals surface area (Å²) in [7, 11) is 0. The van der Waals surface area contributed by atoms with Gasteiger partial charge in [0.1, 0.15) is 11.0 Å². The number of hydrogen-bond acceptors (Lipinski definition) is 3. The number of halogens is 3. The molecule has 3 rings (SSSR count). The van der Waals surface area contributed by atoms with Gasteiger partial charge in [-0.25, -0.2) is 0 Å². The Hall–Kier alpha value is -2.90. The molecule has 5 nitrogen and oxygen atoms in total. The zero-order chi connectivity index (χ0) is 17.5. The lowest BCUT2D eigenvalue weighted by Gasteiger charge is -2.09. The number of aryl methyl sites for hydroxylation is 2. The highest BCUT2D eigenvalue weighted by Gasteiger charge is 2.38. The van der Waals surface area contributed by atoms with Gasteiger partial charge in [-0.2, -0.15) is 18.0 Å². The third kappa shape index (κ3) is 3.08. The summed E-state index contributed by atoms with van der Waals surface area (Å²) in [5.41, 5.74) is 3.26. The zero-order valence-corrected chi connectivity index (χ0v) is 12.8. The molecule has 1 heterocycles. The molecular formula is C16H13F3N4O. The molecule has 0 saturated heterocycles. The predicted molar refractivity (Wildman–Crippen MR) is 83.0 cm³/mol. The number of anilines is 1. The van der Waals surface area contributed by atoms with Crippen LogP contribution in [0.4, 0.5) is 18.9 Å². The van der Waals surface area contributed by atoms with E-state index in [2.05, 4.69) is 10.2 Å². The van der Waals surface area contributed by atoms with Crippen LogP contribution in [-0.4, -0.2) is 27.1 Å². The van der Waals surface area contributed by atoms with Crippen molar-refractivity contribution in [3.05, 3.63) is 47.5 Å². The first-order chi connectivity index (χ1) is 11.2. The second-order valence-corrected chi connectivity index (χ2v) is 5.43. The molecule has 24 heavy (non-hydrogen) atoms. The summed E-state index contributed by atoms with van der Waals surface area (Å²) in [6.45, 7) is 3.55. The molecule has 3 aromatic rings. The first kappa shape index (κ1) is 16.0. The summed E-state index contributed by atoms with van der Waals surface area (Å²) in [5, 5.41) is 10.4. The number of nitrogens with one attached hydrogen (secondary N) is 1. The van der Waals surface area contributed by atoms with Gasteiger partial charge in [-0.05, 0) is 43.7 Å². The molecule has 0 spiro atoms. The Balaban J connectivity index is 1.99. The fourth-order valence-corrected chi connectivity index (χ4v) is 2.19. The molecule has 1 aromatic heterocycles. The second-order valence-electron chi connectivity index (χ2n) is 5.43. The molecule has 2 aromatic carbocycles. The normalized spacial score (nSPS) is 11.7. The quantitative estimate of drug-likeness (QED) is 0.780. The summed E-state index contributed by atoms with van der Waals surface area (Å²) in [6, 6.07) is 10.5. The number of carbonyl (C=O) groups is 1. The highest BCUT2D eigenvalue weighted by molar-refractivity contribution is 5.97. The summed E-state index contributed by atoms with van der Waals surface area (Å²) in [5.74, 6) is -2.02. The van der Waals surface area contributed by atoms with Crippen molar-refractivity contribution in [1.82, 2.24) is 15.0 Å². The third-order valence-electron chi connectivity index (χ3n) is 3.50. The monoisotopic (exact) mass is 334 g/mol. The van der Waals surface area contributed by atoms with Gasteiger partial charge in [-0.3, -0.25) is 4.79 Å². The van der Waals surface area contributed by atoms with Crippen LogP contribution < -0.4 is 5.32 Å². The van der Waals surface area contributed by atoms with Crippen LogP contribution in [0.3, 0.4) is 0 Å². The van der Waals surface area contributed by atoms with Crippen molar-refractivity contribution < 1.29 is 18.0 Å². The molecule has 0 aliphatic carbocycles. The number of nitrogens with zero attached hydrogens (tertiary/aromatic N) is 3. The predicted octanol–water partition coefficient (Wildman–Crippen LogP) is 3.54. The molecular weight excluding hydrogens is 321 g/mol. The average Bonchev–Trinajstić information content (AvgIpc) is 2.90. The van der Waals surface area contributed by atoms with E-state index in [4.69, 9.17) is 0 Å². The molecule has 0 atom stereocenters. The lowest BCUT2D eigenvalue weighted by molar-refractivity contribution is -0.167. The SMILES string of the molecule is Cc1ccc(-n2nc3cc(C)c(NC(=O)C(F)(F)F)cc3n2)cc1. The Labute approximate surface area is 135 Å². The number of amides is 1. The molecule has 0 aliphatic heterocycles. The minimum Gasteiger partial charge on any atom is -0.318 e. The maximum absolute atomic E-state index is 12.4. The van der Waals surface area contributed by atoms with Crippen molar-refractivity contribution in [2.75, 3.05) is 5.32 Å². The molecule has 0 fully saturated rings. The maximum atomic E-state index is 12.4. The first-order valence-corrected chi connectivity index (χ1v) is 7.07. The summed E-state index contributed by atoms with van der Waals surface area (Å²) in [6.07, 6.45) is -4.94. The van der Waals surface area contributed by atoms with Crippen molar-refractivity contribution >= 4 is 22.6 Å². The molecule has 0 saturated carbocycles. The van der Waals surface area contributed by atoms with E-state index in [-0.39, 0.29) is 5.69 Å². The van der Waals surface area contributed by atoms with Crippen molar-refractivity contribution in [1.29, 1.82) is 0 Å². The van der Waals surface area contributed by atoms with Gasteiger partial charge in [-0.1, -0.05) is 17.7 Å². The van der Waals surface area contributed by atoms with Gasteiger partial charge < -0.3 is 5.32 Å². The minimum atomic E-state index is -4.94. The van der Waals surface area contributed by atoms with E-state index in [0.29, 0.717) is 16.6 Å². The minimum absolute atomic E-state index is 0.0563. The lowest BCUT2D eigenvalue weighted by Crippen LogP contribution is -2.30. The zero-order valence-electron chi connectivity index (χ0n) is 12.8. The summed E-state index contributed by atoms with van der Waals surface area (Å²) < 4.78 is 37.2. The molecule has 124 valence electrons. The molecule has 1 amide bonds. The Morgan fingerprint density at radius 1 is 1.04 bits per heavy atom. The number of rotatable bonds is 2. The van der Waals surface area contributed by atoms with E-state index in [1.165, 1.54) is 10.9 Å². The van der Waals surface area contributed by atoms with Gasteiger partial charge in [0.05, 0.1) is 5.69 Å². The molecule has 0 aliphatic rings. The Morgan fingerprint density at radius 3 is 2.21 bits per heavy atom. The van der Waals surface area contributed by atoms with Crippen LogP contribution in [0.2, 0.25) is 0 Å². The fourth-order valence-electron chi connectivity index (χ4n) is 2.19. The molecule has 8 heteroatoms. The maximum Gasteiger partial charge on any atom is 0.471 e. The molecule has 0 unspecified atom stereocenters. The molecule has 1 N–H and O–H groups in total. The van der Waals surface area contributed by atoms with Crippen molar-refractivity contribution in [3.63, 3.8) is 0 Å². The van der Waals surface area contributed by atoms with Crippen LogP contribution in [0.25, 0.3) is 16.7 Å². The lowest BCUT2D eigenvalue weighted by atomic mass is 10.1. The van der Waals surface area contributed by atoms with Crippen LogP contribution in [0.15, 0.2) is 36.4 Å². The van der Waals surface area contributed by atoms with Gasteiger partial charge in [-0.15, -0.1) is 10.2 Å². The van der Waals surface area contributed by atoms with Crippen LogP contribution in [0, 0.1) is 13.8 Å². The Bertz CT molecular complexity index is 913. The fraction of sp³-hybridized carbons (Fsp3) is 0.188. The van der Waals surface area contributed by atoms with E-state index in [9.17, 15) is 18.0 Å². The van der Waals surface area contributed by atoms with Crippen LogP contribution >= 0.6 is 0 Å². The summed E-state index contributed by atoms with van der Waals surface area (Å²) in [4.78, 5) is 12.5.